The third-order valence-corrected chi connectivity index (χ3v) is 5.79. The Morgan fingerprint density at radius 1 is 1.29 bits per heavy atom. The molecule has 0 aromatic heterocycles. The lowest BCUT2D eigenvalue weighted by Gasteiger charge is -2.31. The number of hydrogen-bond donors (Lipinski definition) is 1. The first kappa shape index (κ1) is 18.3. The van der Waals surface area contributed by atoms with Gasteiger partial charge in [-0.15, -0.1) is 11.6 Å². The van der Waals surface area contributed by atoms with Crippen molar-refractivity contribution in [2.45, 2.75) is 33.0 Å². The van der Waals surface area contributed by atoms with Crippen molar-refractivity contribution in [3.05, 3.63) is 35.9 Å². The van der Waals surface area contributed by atoms with Crippen molar-refractivity contribution in [1.82, 2.24) is 0 Å². The molecule has 0 unspecified atom stereocenters. The van der Waals surface area contributed by atoms with Gasteiger partial charge in [-0.3, -0.25) is 4.57 Å². The van der Waals surface area contributed by atoms with Gasteiger partial charge in [0, 0.05) is 5.41 Å². The molecule has 0 saturated heterocycles. The van der Waals surface area contributed by atoms with Crippen LogP contribution in [-0.2, 0) is 14.4 Å². The Hall–Kier alpha value is -0.780. The Labute approximate surface area is 132 Å². The number of aliphatic hydroxyl groups is 1. The molecule has 0 aliphatic heterocycles. The minimum absolute atomic E-state index is 0.183. The molecule has 0 heterocycles. The van der Waals surface area contributed by atoms with Crippen LogP contribution in [0.25, 0.3) is 0 Å². The maximum absolute atomic E-state index is 13.2. The van der Waals surface area contributed by atoms with Crippen LogP contribution in [0.5, 0.6) is 0 Å². The van der Waals surface area contributed by atoms with Gasteiger partial charge < -0.3 is 9.63 Å². The van der Waals surface area contributed by atoms with Crippen molar-refractivity contribution in [2.75, 3.05) is 12.5 Å². The second-order valence-electron chi connectivity index (χ2n) is 5.77. The lowest BCUT2D eigenvalue weighted by molar-refractivity contribution is 0.125. The molecular formula is C16H22ClO3P. The molecule has 21 heavy (non-hydrogen) atoms. The lowest BCUT2D eigenvalue weighted by atomic mass is 9.99. The zero-order valence-electron chi connectivity index (χ0n) is 12.9. The maximum atomic E-state index is 13.2. The number of halogens is 1. The molecule has 116 valence electrons. The summed E-state index contributed by atoms with van der Waals surface area (Å²) in [5.41, 5.74) is 2.77. The third kappa shape index (κ3) is 4.34. The quantitative estimate of drug-likeness (QED) is 0.495. The maximum Gasteiger partial charge on any atom is 0.310 e. The van der Waals surface area contributed by atoms with Gasteiger partial charge in [0.1, 0.15) is 0 Å². The van der Waals surface area contributed by atoms with E-state index in [1.165, 1.54) is 0 Å². The molecule has 0 spiro atoms. The Morgan fingerprint density at radius 2 is 1.86 bits per heavy atom. The summed E-state index contributed by atoms with van der Waals surface area (Å²) in [7, 11) is -3.70. The van der Waals surface area contributed by atoms with Crippen molar-refractivity contribution in [2.24, 2.45) is 5.41 Å². The molecule has 1 rings (SSSR count). The molecule has 0 fully saturated rings. The average molecular weight is 329 g/mol. The molecule has 3 nitrogen and oxygen atoms in total. The van der Waals surface area contributed by atoms with E-state index in [0.717, 1.165) is 0 Å². The SMILES string of the molecule is CCO[P@](=O)(C#CC(C)(C)C)[C@](O)(CCl)c1ccccc1. The van der Waals surface area contributed by atoms with Crippen LogP contribution in [0.15, 0.2) is 30.3 Å². The Kier molecular flexibility index (Phi) is 6.08. The zero-order valence-corrected chi connectivity index (χ0v) is 14.5. The molecule has 0 aliphatic carbocycles. The summed E-state index contributed by atoms with van der Waals surface area (Å²) in [6.07, 6.45) is 0. The van der Waals surface area contributed by atoms with Crippen molar-refractivity contribution < 1.29 is 14.2 Å². The smallest absolute Gasteiger partial charge is 0.310 e. The standard InChI is InChI=1S/C16H22ClO3P/c1-5-20-21(19,12-11-15(2,3)4)16(18,13-17)14-9-7-6-8-10-14/h6-10,18H,5,13H2,1-4H3/t16-,21-/m1/s1. The van der Waals surface area contributed by atoms with Crippen LogP contribution in [0.4, 0.5) is 0 Å². The molecule has 1 aromatic rings. The lowest BCUT2D eigenvalue weighted by Crippen LogP contribution is -2.28. The summed E-state index contributed by atoms with van der Waals surface area (Å²) in [6, 6.07) is 8.66. The Bertz CT molecular complexity index is 569. The van der Waals surface area contributed by atoms with Gasteiger partial charge in [0.25, 0.3) is 0 Å². The van der Waals surface area contributed by atoms with E-state index in [-0.39, 0.29) is 17.9 Å². The highest BCUT2D eigenvalue weighted by Gasteiger charge is 2.48. The number of rotatable bonds is 5. The van der Waals surface area contributed by atoms with E-state index in [2.05, 4.69) is 11.6 Å². The van der Waals surface area contributed by atoms with Crippen LogP contribution >= 0.6 is 19.0 Å². The molecule has 1 N–H and O–H groups in total. The van der Waals surface area contributed by atoms with Gasteiger partial charge in [-0.05, 0) is 38.9 Å². The molecular weight excluding hydrogens is 307 g/mol. The minimum atomic E-state index is -3.70. The predicted molar refractivity (Wildman–Crippen MR) is 87.5 cm³/mol. The monoisotopic (exact) mass is 328 g/mol. The van der Waals surface area contributed by atoms with E-state index in [1.807, 2.05) is 26.8 Å². The largest absolute Gasteiger partial charge is 0.373 e. The molecule has 5 heteroatoms. The second-order valence-corrected chi connectivity index (χ2v) is 8.36. The van der Waals surface area contributed by atoms with E-state index in [0.29, 0.717) is 5.56 Å². The van der Waals surface area contributed by atoms with E-state index < -0.39 is 12.7 Å². The molecule has 1 aromatic carbocycles. The predicted octanol–water partition coefficient (Wildman–Crippen LogP) is 4.39. The first-order valence-corrected chi connectivity index (χ1v) is 8.97. The van der Waals surface area contributed by atoms with Gasteiger partial charge in [0.05, 0.1) is 12.5 Å². The number of alkyl halides is 1. The fourth-order valence-electron chi connectivity index (χ4n) is 1.69. The zero-order chi connectivity index (χ0) is 16.1. The summed E-state index contributed by atoms with van der Waals surface area (Å²) >= 11 is 5.94. The summed E-state index contributed by atoms with van der Waals surface area (Å²) in [6.45, 7) is 7.60. The van der Waals surface area contributed by atoms with Crippen LogP contribution in [0, 0.1) is 17.0 Å². The van der Waals surface area contributed by atoms with Crippen LogP contribution in [-0.4, -0.2) is 17.6 Å². The Morgan fingerprint density at radius 3 is 2.29 bits per heavy atom. The van der Waals surface area contributed by atoms with Crippen LogP contribution in [0.2, 0.25) is 0 Å². The van der Waals surface area contributed by atoms with Gasteiger partial charge in [-0.25, -0.2) is 0 Å². The molecule has 0 saturated carbocycles. The molecule has 0 bridgehead atoms. The highest BCUT2D eigenvalue weighted by Crippen LogP contribution is 2.62. The topological polar surface area (TPSA) is 46.5 Å². The third-order valence-electron chi connectivity index (χ3n) is 2.80. The summed E-state index contributed by atoms with van der Waals surface area (Å²) in [5, 5.41) is 9.10. The molecule has 0 radical (unpaired) electrons. The fraction of sp³-hybridized carbons (Fsp3) is 0.500. The van der Waals surface area contributed by atoms with E-state index in [9.17, 15) is 9.67 Å². The van der Waals surface area contributed by atoms with E-state index >= 15 is 0 Å². The van der Waals surface area contributed by atoms with Crippen molar-refractivity contribution in [3.8, 4) is 11.6 Å². The van der Waals surface area contributed by atoms with E-state index in [4.69, 9.17) is 16.1 Å². The number of benzene rings is 1. The molecule has 0 aliphatic rings. The summed E-state index contributed by atoms with van der Waals surface area (Å²) in [5.74, 6) is 2.64. The highest BCUT2D eigenvalue weighted by atomic mass is 35.5. The van der Waals surface area contributed by atoms with E-state index in [1.54, 1.807) is 31.2 Å². The van der Waals surface area contributed by atoms with Crippen LogP contribution < -0.4 is 0 Å². The second kappa shape index (κ2) is 6.99. The van der Waals surface area contributed by atoms with Crippen molar-refractivity contribution in [1.29, 1.82) is 0 Å². The minimum Gasteiger partial charge on any atom is -0.373 e. The van der Waals surface area contributed by atoms with Gasteiger partial charge in [0.15, 0.2) is 5.34 Å². The van der Waals surface area contributed by atoms with Crippen molar-refractivity contribution >= 4 is 19.0 Å². The molecule has 2 atom stereocenters. The van der Waals surface area contributed by atoms with Crippen LogP contribution in [0.1, 0.15) is 33.3 Å². The fourth-order valence-corrected chi connectivity index (χ4v) is 4.27. The normalized spacial score (nSPS) is 17.2. The van der Waals surface area contributed by atoms with Gasteiger partial charge in [-0.2, -0.15) is 0 Å². The average Bonchev–Trinajstić information content (AvgIpc) is 2.44. The first-order chi connectivity index (χ1) is 9.68. The summed E-state index contributed by atoms with van der Waals surface area (Å²) < 4.78 is 18.6. The van der Waals surface area contributed by atoms with Gasteiger partial charge in [-0.1, -0.05) is 36.3 Å². The van der Waals surface area contributed by atoms with Gasteiger partial charge in [0.2, 0.25) is 0 Å². The first-order valence-electron chi connectivity index (χ1n) is 6.81. The highest BCUT2D eigenvalue weighted by molar-refractivity contribution is 7.65. The molecule has 0 amide bonds. The van der Waals surface area contributed by atoms with Crippen molar-refractivity contribution in [3.63, 3.8) is 0 Å². The van der Waals surface area contributed by atoms with Crippen LogP contribution in [0.3, 0.4) is 0 Å². The number of hydrogen-bond acceptors (Lipinski definition) is 3. The van der Waals surface area contributed by atoms with Gasteiger partial charge >= 0.3 is 7.37 Å². The Balaban J connectivity index is 3.42. The summed E-state index contributed by atoms with van der Waals surface area (Å²) in [4.78, 5) is 0.